The molecule has 116 valence electrons. The van der Waals surface area contributed by atoms with Crippen molar-refractivity contribution in [3.63, 3.8) is 0 Å². The zero-order chi connectivity index (χ0) is 15.8. The molecule has 2 N–H and O–H groups in total. The van der Waals surface area contributed by atoms with Gasteiger partial charge in [0.15, 0.2) is 0 Å². The Morgan fingerprint density at radius 3 is 2.61 bits per heavy atom. The topological polar surface area (TPSA) is 41.1 Å². The summed E-state index contributed by atoms with van der Waals surface area (Å²) in [7, 11) is 0. The Balaban J connectivity index is 1.86. The molecule has 2 amide bonds. The molecule has 0 spiro atoms. The summed E-state index contributed by atoms with van der Waals surface area (Å²) < 4.78 is 0. The van der Waals surface area contributed by atoms with Gasteiger partial charge in [-0.3, -0.25) is 0 Å². The summed E-state index contributed by atoms with van der Waals surface area (Å²) in [5.41, 5.74) is 7.17. The first kappa shape index (κ1) is 14.1. The number of hydrogen-bond acceptors (Lipinski definition) is 1. The molecule has 2 aliphatic rings. The van der Waals surface area contributed by atoms with E-state index in [1.54, 1.807) is 0 Å². The smallest absolute Gasteiger partial charge is 0.319 e. The molecular formula is C20H20N2O. The van der Waals surface area contributed by atoms with E-state index < -0.39 is 0 Å². The Labute approximate surface area is 136 Å². The molecule has 3 heteroatoms. The molecule has 3 nitrogen and oxygen atoms in total. The normalized spacial score (nSPS) is 20.0. The van der Waals surface area contributed by atoms with E-state index in [-0.39, 0.29) is 12.1 Å². The van der Waals surface area contributed by atoms with Crippen LogP contribution in [0.15, 0.2) is 54.1 Å². The number of nitrogens with one attached hydrogen (secondary N) is 2. The fourth-order valence-corrected chi connectivity index (χ4v) is 3.60. The van der Waals surface area contributed by atoms with Gasteiger partial charge in [0.05, 0.1) is 11.7 Å². The lowest BCUT2D eigenvalue weighted by Gasteiger charge is -2.30. The molecule has 1 unspecified atom stereocenters. The van der Waals surface area contributed by atoms with Gasteiger partial charge >= 0.3 is 6.03 Å². The standard InChI is InChI=1S/C20H20N2O/c1-13-9-11-15(12-10-13)18-17-8-4-6-14-5-2-3-7-16(14)19(17)22-20(23)21-18/h2-3,5,7,9-12,18H,4,6,8H2,1H3,(H2,21,22,23). The minimum atomic E-state index is -0.119. The summed E-state index contributed by atoms with van der Waals surface area (Å²) in [6.07, 6.45) is 3.16. The first-order chi connectivity index (χ1) is 11.2. The summed E-state index contributed by atoms with van der Waals surface area (Å²) in [6, 6.07) is 16.7. The van der Waals surface area contributed by atoms with Crippen molar-refractivity contribution in [1.29, 1.82) is 0 Å². The van der Waals surface area contributed by atoms with Crippen molar-refractivity contribution in [1.82, 2.24) is 10.6 Å². The van der Waals surface area contributed by atoms with Crippen LogP contribution in [0.3, 0.4) is 0 Å². The molecule has 1 aliphatic carbocycles. The molecule has 1 heterocycles. The Bertz CT molecular complexity index is 790. The molecular weight excluding hydrogens is 284 g/mol. The molecule has 4 rings (SSSR count). The van der Waals surface area contributed by atoms with Crippen molar-refractivity contribution >= 4 is 11.7 Å². The zero-order valence-corrected chi connectivity index (χ0v) is 13.2. The van der Waals surface area contributed by atoms with Gasteiger partial charge in [0.2, 0.25) is 0 Å². The van der Waals surface area contributed by atoms with Crippen LogP contribution in [0, 0.1) is 6.92 Å². The van der Waals surface area contributed by atoms with E-state index in [1.165, 1.54) is 22.3 Å². The number of urea groups is 1. The first-order valence-electron chi connectivity index (χ1n) is 8.18. The highest BCUT2D eigenvalue weighted by atomic mass is 16.2. The van der Waals surface area contributed by atoms with Crippen LogP contribution in [0.25, 0.3) is 5.70 Å². The molecule has 2 aromatic carbocycles. The Kier molecular flexibility index (Phi) is 3.41. The fraction of sp³-hybridized carbons (Fsp3) is 0.250. The Hall–Kier alpha value is -2.55. The maximum absolute atomic E-state index is 12.2. The predicted molar refractivity (Wildman–Crippen MR) is 91.9 cm³/mol. The lowest BCUT2D eigenvalue weighted by molar-refractivity contribution is 0.240. The molecule has 2 aromatic rings. The molecule has 0 saturated heterocycles. The van der Waals surface area contributed by atoms with E-state index in [1.807, 2.05) is 6.07 Å². The van der Waals surface area contributed by atoms with Crippen molar-refractivity contribution in [2.45, 2.75) is 32.2 Å². The number of amides is 2. The van der Waals surface area contributed by atoms with Crippen molar-refractivity contribution in [3.8, 4) is 0 Å². The summed E-state index contributed by atoms with van der Waals surface area (Å²) in [5, 5.41) is 6.16. The van der Waals surface area contributed by atoms with Crippen LogP contribution in [-0.4, -0.2) is 6.03 Å². The van der Waals surface area contributed by atoms with Crippen LogP contribution < -0.4 is 10.6 Å². The largest absolute Gasteiger partial charge is 0.327 e. The van der Waals surface area contributed by atoms with Gasteiger partial charge in [-0.2, -0.15) is 0 Å². The average molecular weight is 304 g/mol. The quantitative estimate of drug-likeness (QED) is 0.818. The first-order valence-corrected chi connectivity index (χ1v) is 8.18. The van der Waals surface area contributed by atoms with E-state index in [0.29, 0.717) is 0 Å². The molecule has 0 bridgehead atoms. The van der Waals surface area contributed by atoms with Gasteiger partial charge in [0.1, 0.15) is 0 Å². The number of carbonyl (C=O) groups is 1. The lowest BCUT2D eigenvalue weighted by Crippen LogP contribution is -2.43. The Morgan fingerprint density at radius 2 is 1.78 bits per heavy atom. The second-order valence-electron chi connectivity index (χ2n) is 6.35. The van der Waals surface area contributed by atoms with Gasteiger partial charge in [-0.25, -0.2) is 4.79 Å². The van der Waals surface area contributed by atoms with E-state index >= 15 is 0 Å². The minimum absolute atomic E-state index is 0.0366. The molecule has 1 atom stereocenters. The fourth-order valence-electron chi connectivity index (χ4n) is 3.60. The van der Waals surface area contributed by atoms with E-state index in [2.05, 4.69) is 60.0 Å². The monoisotopic (exact) mass is 304 g/mol. The number of hydrogen-bond donors (Lipinski definition) is 2. The van der Waals surface area contributed by atoms with Gasteiger partial charge in [0.25, 0.3) is 0 Å². The highest BCUT2D eigenvalue weighted by molar-refractivity contribution is 5.91. The summed E-state index contributed by atoms with van der Waals surface area (Å²) in [4.78, 5) is 12.2. The third kappa shape index (κ3) is 2.52. The maximum atomic E-state index is 12.2. The molecule has 0 radical (unpaired) electrons. The zero-order valence-electron chi connectivity index (χ0n) is 13.2. The summed E-state index contributed by atoms with van der Waals surface area (Å²) in [5.74, 6) is 0. The molecule has 0 saturated carbocycles. The van der Waals surface area contributed by atoms with Gasteiger partial charge in [-0.1, -0.05) is 54.1 Å². The highest BCUT2D eigenvalue weighted by Crippen LogP contribution is 2.37. The molecule has 0 aromatic heterocycles. The number of carbonyl (C=O) groups excluding carboxylic acids is 1. The number of aryl methyl sites for hydroxylation is 2. The summed E-state index contributed by atoms with van der Waals surface area (Å²) >= 11 is 0. The lowest BCUT2D eigenvalue weighted by atomic mass is 9.91. The van der Waals surface area contributed by atoms with E-state index in [9.17, 15) is 4.79 Å². The Morgan fingerprint density at radius 1 is 1.00 bits per heavy atom. The van der Waals surface area contributed by atoms with Crippen molar-refractivity contribution in [2.75, 3.05) is 0 Å². The minimum Gasteiger partial charge on any atom is -0.327 e. The van der Waals surface area contributed by atoms with Crippen molar-refractivity contribution < 1.29 is 4.79 Å². The van der Waals surface area contributed by atoms with Crippen LogP contribution in [0.5, 0.6) is 0 Å². The van der Waals surface area contributed by atoms with Crippen molar-refractivity contribution in [2.24, 2.45) is 0 Å². The van der Waals surface area contributed by atoms with Gasteiger partial charge in [-0.05, 0) is 42.9 Å². The van der Waals surface area contributed by atoms with E-state index in [4.69, 9.17) is 0 Å². The van der Waals surface area contributed by atoms with Crippen LogP contribution in [0.2, 0.25) is 0 Å². The van der Waals surface area contributed by atoms with Crippen molar-refractivity contribution in [3.05, 3.63) is 76.4 Å². The van der Waals surface area contributed by atoms with Gasteiger partial charge in [0, 0.05) is 5.56 Å². The van der Waals surface area contributed by atoms with Crippen LogP contribution >= 0.6 is 0 Å². The highest BCUT2D eigenvalue weighted by Gasteiger charge is 2.30. The molecule has 1 aliphatic heterocycles. The number of rotatable bonds is 1. The number of fused-ring (bicyclic) bond motifs is 2. The van der Waals surface area contributed by atoms with Gasteiger partial charge < -0.3 is 10.6 Å². The molecule has 23 heavy (non-hydrogen) atoms. The second-order valence-corrected chi connectivity index (χ2v) is 6.35. The van der Waals surface area contributed by atoms with Crippen LogP contribution in [0.1, 0.15) is 41.1 Å². The predicted octanol–water partition coefficient (Wildman–Crippen LogP) is 4.10. The van der Waals surface area contributed by atoms with Crippen LogP contribution in [-0.2, 0) is 6.42 Å². The summed E-state index contributed by atoms with van der Waals surface area (Å²) in [6.45, 7) is 2.08. The third-order valence-corrected chi connectivity index (χ3v) is 4.77. The van der Waals surface area contributed by atoms with Gasteiger partial charge in [-0.15, -0.1) is 0 Å². The molecule has 0 fully saturated rings. The SMILES string of the molecule is Cc1ccc(C2NC(=O)NC3=C2CCCc2ccccc23)cc1. The van der Waals surface area contributed by atoms with Crippen LogP contribution in [0.4, 0.5) is 4.79 Å². The average Bonchev–Trinajstić information content (AvgIpc) is 2.75. The van der Waals surface area contributed by atoms with E-state index in [0.717, 1.165) is 30.5 Å². The second kappa shape index (κ2) is 5.58. The number of benzene rings is 2. The maximum Gasteiger partial charge on any atom is 0.319 e. The third-order valence-electron chi connectivity index (χ3n) is 4.77.